The molecule has 0 amide bonds. The molecule has 0 aliphatic rings. The van der Waals surface area contributed by atoms with Gasteiger partial charge in [-0.2, -0.15) is 0 Å². The van der Waals surface area contributed by atoms with E-state index in [2.05, 4.69) is 40.2 Å². The third-order valence-electron chi connectivity index (χ3n) is 3.87. The van der Waals surface area contributed by atoms with Crippen molar-refractivity contribution in [3.05, 3.63) is 64.1 Å². The summed E-state index contributed by atoms with van der Waals surface area (Å²) in [5, 5.41) is 18.1. The normalized spacial score (nSPS) is 10.7. The van der Waals surface area contributed by atoms with Gasteiger partial charge in [-0.05, 0) is 54.4 Å². The summed E-state index contributed by atoms with van der Waals surface area (Å²) in [6.07, 6.45) is 7.11. The first kappa shape index (κ1) is 17.3. The molecule has 0 aliphatic carbocycles. The van der Waals surface area contributed by atoms with Gasteiger partial charge in [-0.1, -0.05) is 65.2 Å². The van der Waals surface area contributed by atoms with Gasteiger partial charge in [0.2, 0.25) is 0 Å². The Kier molecular flexibility index (Phi) is 7.17. The quantitative estimate of drug-likeness (QED) is 0.559. The van der Waals surface area contributed by atoms with Crippen LogP contribution < -0.4 is 5.46 Å². The first-order chi connectivity index (χ1) is 10.6. The lowest BCUT2D eigenvalue weighted by Gasteiger charge is -2.05. The second-order valence-electron chi connectivity index (χ2n) is 5.66. The van der Waals surface area contributed by atoms with E-state index in [1.807, 2.05) is 12.1 Å². The number of halogens is 1. The molecule has 0 heterocycles. The molecule has 0 bridgehead atoms. The molecule has 22 heavy (non-hydrogen) atoms. The van der Waals surface area contributed by atoms with Crippen LogP contribution in [-0.2, 0) is 12.8 Å². The van der Waals surface area contributed by atoms with Crippen molar-refractivity contribution in [2.24, 2.45) is 0 Å². The first-order valence-corrected chi connectivity index (χ1v) is 8.64. The highest BCUT2D eigenvalue weighted by Crippen LogP contribution is 2.14. The summed E-state index contributed by atoms with van der Waals surface area (Å²) in [5.41, 5.74) is 3.22. The van der Waals surface area contributed by atoms with Crippen LogP contribution in [0.5, 0.6) is 0 Å². The molecule has 0 saturated carbocycles. The molecule has 2 N–H and O–H groups in total. The first-order valence-electron chi connectivity index (χ1n) is 7.84. The zero-order valence-corrected chi connectivity index (χ0v) is 14.3. The summed E-state index contributed by atoms with van der Waals surface area (Å²) < 4.78 is 1.14. The second-order valence-corrected chi connectivity index (χ2v) is 6.57. The van der Waals surface area contributed by atoms with Crippen molar-refractivity contribution in [2.75, 3.05) is 0 Å². The van der Waals surface area contributed by atoms with Crippen LogP contribution in [0.1, 0.15) is 36.8 Å². The largest absolute Gasteiger partial charge is 0.488 e. The lowest BCUT2D eigenvalue weighted by atomic mass is 9.80. The minimum atomic E-state index is -1.37. The molecule has 2 aromatic rings. The summed E-state index contributed by atoms with van der Waals surface area (Å²) in [4.78, 5) is 0. The van der Waals surface area contributed by atoms with Crippen molar-refractivity contribution < 1.29 is 10.0 Å². The van der Waals surface area contributed by atoms with Gasteiger partial charge in [-0.15, -0.1) is 0 Å². The van der Waals surface area contributed by atoms with E-state index in [0.29, 0.717) is 5.46 Å². The lowest BCUT2D eigenvalue weighted by molar-refractivity contribution is 0.426. The van der Waals surface area contributed by atoms with Crippen molar-refractivity contribution in [3.63, 3.8) is 0 Å². The fraction of sp³-hybridized carbons (Fsp3) is 0.333. The summed E-state index contributed by atoms with van der Waals surface area (Å²) in [7, 11) is -1.37. The summed E-state index contributed by atoms with van der Waals surface area (Å²) in [6.45, 7) is 0. The molecule has 0 atom stereocenters. The second kappa shape index (κ2) is 9.14. The predicted octanol–water partition coefficient (Wildman–Crippen LogP) is 3.47. The molecule has 2 nitrogen and oxygen atoms in total. The van der Waals surface area contributed by atoms with Crippen LogP contribution >= 0.6 is 15.9 Å². The van der Waals surface area contributed by atoms with Gasteiger partial charge in [0.1, 0.15) is 0 Å². The van der Waals surface area contributed by atoms with Crippen LogP contribution in [0.4, 0.5) is 0 Å². The van der Waals surface area contributed by atoms with Crippen LogP contribution in [0.2, 0.25) is 0 Å². The highest BCUT2D eigenvalue weighted by atomic mass is 79.9. The molecule has 2 aromatic carbocycles. The van der Waals surface area contributed by atoms with E-state index in [1.165, 1.54) is 36.8 Å². The van der Waals surface area contributed by atoms with Crippen molar-refractivity contribution in [1.29, 1.82) is 0 Å². The molecule has 2 rings (SSSR count). The molecule has 0 aromatic heterocycles. The predicted molar refractivity (Wildman–Crippen MR) is 96.3 cm³/mol. The van der Waals surface area contributed by atoms with E-state index in [1.54, 1.807) is 12.1 Å². The molecule has 0 radical (unpaired) electrons. The van der Waals surface area contributed by atoms with Gasteiger partial charge in [-0.25, -0.2) is 0 Å². The Morgan fingerprint density at radius 2 is 1.14 bits per heavy atom. The number of benzene rings is 2. The number of hydrogen-bond acceptors (Lipinski definition) is 2. The third-order valence-corrected chi connectivity index (χ3v) is 4.40. The maximum absolute atomic E-state index is 9.05. The van der Waals surface area contributed by atoms with E-state index >= 15 is 0 Å². The van der Waals surface area contributed by atoms with Crippen molar-refractivity contribution >= 4 is 28.5 Å². The Morgan fingerprint density at radius 1 is 0.682 bits per heavy atom. The average molecular weight is 361 g/mol. The van der Waals surface area contributed by atoms with Crippen LogP contribution in [0.15, 0.2) is 53.0 Å². The fourth-order valence-corrected chi connectivity index (χ4v) is 2.78. The van der Waals surface area contributed by atoms with Crippen molar-refractivity contribution in [3.8, 4) is 0 Å². The summed E-state index contributed by atoms with van der Waals surface area (Å²) >= 11 is 3.45. The van der Waals surface area contributed by atoms with E-state index < -0.39 is 7.12 Å². The maximum Gasteiger partial charge on any atom is 0.488 e. The Labute approximate surface area is 141 Å². The number of hydrogen-bond donors (Lipinski definition) is 2. The number of aryl methyl sites for hydroxylation is 2. The van der Waals surface area contributed by atoms with Gasteiger partial charge in [0.25, 0.3) is 0 Å². The molecular formula is C18H22BBrO2. The fourth-order valence-electron chi connectivity index (χ4n) is 2.52. The molecule has 0 aliphatic heterocycles. The third kappa shape index (κ3) is 5.95. The van der Waals surface area contributed by atoms with Gasteiger partial charge in [-0.3, -0.25) is 0 Å². The minimum absolute atomic E-state index is 0.554. The molecule has 0 saturated heterocycles. The Morgan fingerprint density at radius 3 is 1.59 bits per heavy atom. The summed E-state index contributed by atoms with van der Waals surface area (Å²) in [6, 6.07) is 16.1. The van der Waals surface area contributed by atoms with E-state index in [-0.39, 0.29) is 0 Å². The minimum Gasteiger partial charge on any atom is -0.423 e. The van der Waals surface area contributed by atoms with Crippen LogP contribution in [0.25, 0.3) is 0 Å². The van der Waals surface area contributed by atoms with Gasteiger partial charge in [0.05, 0.1) is 0 Å². The topological polar surface area (TPSA) is 40.5 Å². The Hall–Kier alpha value is -1.10. The van der Waals surface area contributed by atoms with Crippen LogP contribution in [0, 0.1) is 0 Å². The molecule has 4 heteroatoms. The Bertz CT molecular complexity index is 552. The van der Waals surface area contributed by atoms with Crippen molar-refractivity contribution in [2.45, 2.75) is 38.5 Å². The van der Waals surface area contributed by atoms with Crippen molar-refractivity contribution in [1.82, 2.24) is 0 Å². The van der Waals surface area contributed by atoms with Gasteiger partial charge in [0, 0.05) is 4.47 Å². The molecular weight excluding hydrogens is 339 g/mol. The van der Waals surface area contributed by atoms with E-state index in [9.17, 15) is 0 Å². The monoisotopic (exact) mass is 360 g/mol. The highest BCUT2D eigenvalue weighted by Gasteiger charge is 2.09. The molecule has 116 valence electrons. The zero-order valence-electron chi connectivity index (χ0n) is 12.7. The SMILES string of the molecule is OB(O)c1ccc(CCCCCCc2ccc(Br)cc2)cc1. The zero-order chi connectivity index (χ0) is 15.8. The summed E-state index contributed by atoms with van der Waals surface area (Å²) in [5.74, 6) is 0. The molecule has 0 fully saturated rings. The van der Waals surface area contributed by atoms with Crippen LogP contribution in [-0.4, -0.2) is 17.2 Å². The number of unbranched alkanes of at least 4 members (excludes halogenated alkanes) is 3. The van der Waals surface area contributed by atoms with Gasteiger partial charge >= 0.3 is 7.12 Å². The van der Waals surface area contributed by atoms with E-state index in [4.69, 9.17) is 10.0 Å². The van der Waals surface area contributed by atoms with Gasteiger partial charge in [0.15, 0.2) is 0 Å². The standard InChI is InChI=1S/C18H22BBrO2/c20-18-13-9-16(10-14-18)6-4-2-1-3-5-15-7-11-17(12-8-15)19(21)22/h7-14,21-22H,1-6H2. The maximum atomic E-state index is 9.05. The average Bonchev–Trinajstić information content (AvgIpc) is 2.53. The smallest absolute Gasteiger partial charge is 0.423 e. The lowest BCUT2D eigenvalue weighted by Crippen LogP contribution is -2.29. The highest BCUT2D eigenvalue weighted by molar-refractivity contribution is 9.10. The molecule has 0 spiro atoms. The Balaban J connectivity index is 1.60. The van der Waals surface area contributed by atoms with Crippen LogP contribution in [0.3, 0.4) is 0 Å². The van der Waals surface area contributed by atoms with E-state index in [0.717, 1.165) is 17.3 Å². The van der Waals surface area contributed by atoms with Gasteiger partial charge < -0.3 is 10.0 Å². The molecule has 0 unspecified atom stereocenters. The number of rotatable bonds is 8.